The Kier molecular flexibility index (Phi) is 3.38. The summed E-state index contributed by atoms with van der Waals surface area (Å²) in [6.45, 7) is 1.58. The van der Waals surface area contributed by atoms with E-state index in [-0.39, 0.29) is 0 Å². The summed E-state index contributed by atoms with van der Waals surface area (Å²) in [6.07, 6.45) is -2.05. The lowest BCUT2D eigenvalue weighted by Crippen LogP contribution is -2.29. The molecule has 3 heterocycles. The standard InChI is InChI=1S/C16H15F3N4O/c1-20-10-4-5-23(7-10)15-14-13(21-8-22-15)11-6-9(16(17,18)19)2-3-12(11)24-14/h2-3,6,8,10,20H,4-5,7H2,1H3/t10-/m0/s1. The van der Waals surface area contributed by atoms with Crippen LogP contribution in [-0.2, 0) is 6.18 Å². The monoisotopic (exact) mass is 336 g/mol. The molecule has 8 heteroatoms. The highest BCUT2D eigenvalue weighted by Gasteiger charge is 2.32. The number of fused-ring (bicyclic) bond motifs is 3. The Labute approximate surface area is 135 Å². The van der Waals surface area contributed by atoms with E-state index in [2.05, 4.69) is 20.2 Å². The van der Waals surface area contributed by atoms with Gasteiger partial charge in [0.1, 0.15) is 17.4 Å². The summed E-state index contributed by atoms with van der Waals surface area (Å²) in [5.74, 6) is 0.627. The Hall–Kier alpha value is -2.35. The first-order valence-electron chi connectivity index (χ1n) is 7.64. The molecule has 126 valence electrons. The second-order valence-electron chi connectivity index (χ2n) is 5.91. The maximum Gasteiger partial charge on any atom is 0.416 e. The molecule has 0 amide bonds. The quantitative estimate of drug-likeness (QED) is 0.779. The van der Waals surface area contributed by atoms with Gasteiger partial charge in [0, 0.05) is 24.5 Å². The molecule has 4 rings (SSSR count). The fourth-order valence-corrected chi connectivity index (χ4v) is 3.15. The largest absolute Gasteiger partial charge is 0.450 e. The minimum absolute atomic E-state index is 0.354. The summed E-state index contributed by atoms with van der Waals surface area (Å²) in [6, 6.07) is 3.80. The third-order valence-electron chi connectivity index (χ3n) is 4.46. The normalized spacial score (nSPS) is 18.8. The van der Waals surface area contributed by atoms with Crippen molar-refractivity contribution in [1.82, 2.24) is 15.3 Å². The van der Waals surface area contributed by atoms with E-state index in [9.17, 15) is 13.2 Å². The number of benzene rings is 1. The molecule has 0 saturated carbocycles. The van der Waals surface area contributed by atoms with Crippen molar-refractivity contribution in [2.24, 2.45) is 0 Å². The number of hydrogen-bond donors (Lipinski definition) is 1. The number of rotatable bonds is 2. The number of nitrogens with zero attached hydrogens (tertiary/aromatic N) is 3. The lowest BCUT2D eigenvalue weighted by molar-refractivity contribution is -0.137. The molecule has 1 aliphatic heterocycles. The van der Waals surface area contributed by atoms with E-state index in [1.54, 1.807) is 0 Å². The summed E-state index contributed by atoms with van der Waals surface area (Å²) in [7, 11) is 1.91. The molecule has 0 radical (unpaired) electrons. The van der Waals surface area contributed by atoms with Crippen LogP contribution in [0.15, 0.2) is 28.9 Å². The molecule has 1 aliphatic rings. The molecular formula is C16H15F3N4O. The van der Waals surface area contributed by atoms with Crippen LogP contribution in [-0.4, -0.2) is 36.1 Å². The molecule has 0 bridgehead atoms. The Bertz CT molecular complexity index is 905. The van der Waals surface area contributed by atoms with Crippen molar-refractivity contribution in [2.45, 2.75) is 18.6 Å². The van der Waals surface area contributed by atoms with Crippen LogP contribution in [0.3, 0.4) is 0 Å². The molecule has 0 aliphatic carbocycles. The molecule has 5 nitrogen and oxygen atoms in total. The van der Waals surface area contributed by atoms with Gasteiger partial charge < -0.3 is 14.6 Å². The van der Waals surface area contributed by atoms with Crippen molar-refractivity contribution in [3.05, 3.63) is 30.1 Å². The number of halogens is 3. The Morgan fingerprint density at radius 3 is 2.83 bits per heavy atom. The maximum atomic E-state index is 13.0. The molecule has 0 unspecified atom stereocenters. The Balaban J connectivity index is 1.86. The third kappa shape index (κ3) is 2.37. The van der Waals surface area contributed by atoms with E-state index in [0.29, 0.717) is 33.9 Å². The van der Waals surface area contributed by atoms with Gasteiger partial charge in [-0.15, -0.1) is 0 Å². The van der Waals surface area contributed by atoms with Crippen LogP contribution in [0.4, 0.5) is 19.0 Å². The third-order valence-corrected chi connectivity index (χ3v) is 4.46. The lowest BCUT2D eigenvalue weighted by Gasteiger charge is -2.16. The SMILES string of the molecule is CN[C@H]1CCN(c2ncnc3c2oc2ccc(C(F)(F)F)cc23)C1. The van der Waals surface area contributed by atoms with Gasteiger partial charge in [0.05, 0.1) is 5.56 Å². The van der Waals surface area contributed by atoms with Crippen LogP contribution in [0.25, 0.3) is 22.1 Å². The average Bonchev–Trinajstić information content (AvgIpc) is 3.17. The fraction of sp³-hybridized carbons (Fsp3) is 0.375. The zero-order valence-electron chi connectivity index (χ0n) is 12.9. The molecule has 24 heavy (non-hydrogen) atoms. The number of alkyl halides is 3. The summed E-state index contributed by atoms with van der Waals surface area (Å²) >= 11 is 0. The smallest absolute Gasteiger partial charge is 0.416 e. The Morgan fingerprint density at radius 1 is 1.29 bits per heavy atom. The van der Waals surface area contributed by atoms with Crippen molar-refractivity contribution in [3.8, 4) is 0 Å². The van der Waals surface area contributed by atoms with E-state index in [1.807, 2.05) is 7.05 Å². The van der Waals surface area contributed by atoms with E-state index < -0.39 is 11.7 Å². The summed E-state index contributed by atoms with van der Waals surface area (Å²) in [5, 5.41) is 3.58. The van der Waals surface area contributed by atoms with E-state index >= 15 is 0 Å². The molecule has 0 spiro atoms. The number of nitrogens with one attached hydrogen (secondary N) is 1. The van der Waals surface area contributed by atoms with Crippen molar-refractivity contribution in [2.75, 3.05) is 25.0 Å². The minimum Gasteiger partial charge on any atom is -0.450 e. The molecule has 1 fully saturated rings. The van der Waals surface area contributed by atoms with Crippen LogP contribution in [0.5, 0.6) is 0 Å². The summed E-state index contributed by atoms with van der Waals surface area (Å²) in [5.41, 5.74) is 0.510. The maximum absolute atomic E-state index is 13.0. The van der Waals surface area contributed by atoms with Gasteiger partial charge in [-0.05, 0) is 31.7 Å². The highest BCUT2D eigenvalue weighted by Crippen LogP contribution is 2.37. The molecule has 1 aromatic carbocycles. The number of anilines is 1. The van der Waals surface area contributed by atoms with E-state index in [4.69, 9.17) is 4.42 Å². The number of likely N-dealkylation sites (N-methyl/N-ethyl adjacent to an activating group) is 1. The van der Waals surface area contributed by atoms with Crippen molar-refractivity contribution < 1.29 is 17.6 Å². The molecule has 1 saturated heterocycles. The van der Waals surface area contributed by atoms with Crippen molar-refractivity contribution >= 4 is 27.9 Å². The topological polar surface area (TPSA) is 54.2 Å². The van der Waals surface area contributed by atoms with E-state index in [0.717, 1.165) is 31.6 Å². The second kappa shape index (κ2) is 5.34. The van der Waals surface area contributed by atoms with Gasteiger partial charge in [-0.2, -0.15) is 13.2 Å². The van der Waals surface area contributed by atoms with Gasteiger partial charge in [0.25, 0.3) is 0 Å². The zero-order chi connectivity index (χ0) is 16.9. The predicted molar refractivity (Wildman–Crippen MR) is 84.0 cm³/mol. The number of aromatic nitrogens is 2. The highest BCUT2D eigenvalue weighted by atomic mass is 19.4. The van der Waals surface area contributed by atoms with Gasteiger partial charge in [-0.25, -0.2) is 9.97 Å². The van der Waals surface area contributed by atoms with Crippen LogP contribution in [0.2, 0.25) is 0 Å². The molecule has 1 N–H and O–H groups in total. The van der Waals surface area contributed by atoms with Gasteiger partial charge >= 0.3 is 6.18 Å². The van der Waals surface area contributed by atoms with E-state index in [1.165, 1.54) is 12.4 Å². The first-order chi connectivity index (χ1) is 11.5. The van der Waals surface area contributed by atoms with Gasteiger partial charge in [0.15, 0.2) is 11.4 Å². The van der Waals surface area contributed by atoms with Crippen LogP contribution >= 0.6 is 0 Å². The zero-order valence-corrected chi connectivity index (χ0v) is 12.9. The summed E-state index contributed by atoms with van der Waals surface area (Å²) < 4.78 is 44.6. The van der Waals surface area contributed by atoms with Crippen LogP contribution in [0, 0.1) is 0 Å². The predicted octanol–water partition coefficient (Wildman–Crippen LogP) is 3.19. The first-order valence-corrected chi connectivity index (χ1v) is 7.64. The van der Waals surface area contributed by atoms with Crippen molar-refractivity contribution in [1.29, 1.82) is 0 Å². The van der Waals surface area contributed by atoms with Gasteiger partial charge in [-0.3, -0.25) is 0 Å². The highest BCUT2D eigenvalue weighted by molar-refractivity contribution is 6.05. The van der Waals surface area contributed by atoms with Crippen LogP contribution < -0.4 is 10.2 Å². The molecule has 3 aromatic rings. The van der Waals surface area contributed by atoms with Crippen LogP contribution in [0.1, 0.15) is 12.0 Å². The number of hydrogen-bond acceptors (Lipinski definition) is 5. The molecule has 1 atom stereocenters. The molecular weight excluding hydrogens is 321 g/mol. The summed E-state index contributed by atoms with van der Waals surface area (Å²) in [4.78, 5) is 10.5. The first kappa shape index (κ1) is 15.2. The Morgan fingerprint density at radius 2 is 2.12 bits per heavy atom. The van der Waals surface area contributed by atoms with Gasteiger partial charge in [-0.1, -0.05) is 0 Å². The fourth-order valence-electron chi connectivity index (χ4n) is 3.15. The van der Waals surface area contributed by atoms with Gasteiger partial charge in [0.2, 0.25) is 0 Å². The minimum atomic E-state index is -4.40. The van der Waals surface area contributed by atoms with Crippen molar-refractivity contribution in [3.63, 3.8) is 0 Å². The lowest BCUT2D eigenvalue weighted by atomic mass is 10.1. The number of furan rings is 1. The average molecular weight is 336 g/mol. The molecule has 2 aromatic heterocycles. The second-order valence-corrected chi connectivity index (χ2v) is 5.91.